The van der Waals surface area contributed by atoms with Gasteiger partial charge in [0.15, 0.2) is 0 Å². The average Bonchev–Trinajstić information content (AvgIpc) is 2.71. The van der Waals surface area contributed by atoms with Crippen LogP contribution in [0.15, 0.2) is 41.4 Å². The minimum Gasteiger partial charge on any atom is -0.381 e. The number of amides is 2. The number of rotatable bonds is 6. The molecule has 0 atom stereocenters. The summed E-state index contributed by atoms with van der Waals surface area (Å²) < 4.78 is 33.6. The van der Waals surface area contributed by atoms with Crippen molar-refractivity contribution in [1.82, 2.24) is 19.5 Å². The summed E-state index contributed by atoms with van der Waals surface area (Å²) in [5.74, 6) is 0. The fourth-order valence-electron chi connectivity index (χ4n) is 3.36. The van der Waals surface area contributed by atoms with E-state index in [1.165, 1.54) is 4.90 Å². The molecule has 1 fully saturated rings. The Morgan fingerprint density at radius 1 is 1.21 bits per heavy atom. The highest BCUT2D eigenvalue weighted by Crippen LogP contribution is 2.20. The van der Waals surface area contributed by atoms with Gasteiger partial charge in [-0.15, -0.1) is 0 Å². The van der Waals surface area contributed by atoms with Gasteiger partial charge in [-0.25, -0.2) is 17.9 Å². The van der Waals surface area contributed by atoms with Crippen LogP contribution in [-0.2, 0) is 14.8 Å². The van der Waals surface area contributed by atoms with Crippen LogP contribution in [0.3, 0.4) is 0 Å². The van der Waals surface area contributed by atoms with Crippen LogP contribution in [0.5, 0.6) is 0 Å². The molecule has 2 aromatic rings. The average molecular weight is 407 g/mol. The first kappa shape index (κ1) is 20.5. The van der Waals surface area contributed by atoms with Crippen molar-refractivity contribution < 1.29 is 17.9 Å². The minimum absolute atomic E-state index is 0.0485. The van der Waals surface area contributed by atoms with E-state index >= 15 is 0 Å². The lowest BCUT2D eigenvalue weighted by atomic mass is 10.1. The van der Waals surface area contributed by atoms with Gasteiger partial charge in [-0.1, -0.05) is 18.2 Å². The second kappa shape index (κ2) is 8.85. The van der Waals surface area contributed by atoms with E-state index in [0.29, 0.717) is 25.3 Å². The minimum atomic E-state index is -3.75. The molecule has 0 bridgehead atoms. The Hall–Kier alpha value is -2.23. The summed E-state index contributed by atoms with van der Waals surface area (Å²) in [7, 11) is -0.358. The normalized spacial score (nSPS) is 15.5. The molecule has 28 heavy (non-hydrogen) atoms. The molecule has 3 rings (SSSR count). The van der Waals surface area contributed by atoms with E-state index in [1.807, 2.05) is 12.1 Å². The lowest BCUT2D eigenvalue weighted by molar-refractivity contribution is 0.0421. The van der Waals surface area contributed by atoms with Gasteiger partial charge in [-0.2, -0.15) is 0 Å². The van der Waals surface area contributed by atoms with Crippen molar-refractivity contribution >= 4 is 27.0 Å². The zero-order valence-corrected chi connectivity index (χ0v) is 17.0. The van der Waals surface area contributed by atoms with Crippen LogP contribution in [0, 0.1) is 0 Å². The molecular weight excluding hydrogens is 380 g/mol. The number of carbonyl (C=O) groups excluding carboxylic acids is 1. The summed E-state index contributed by atoms with van der Waals surface area (Å²) in [5.41, 5.74) is 0.433. The van der Waals surface area contributed by atoms with Crippen LogP contribution in [-0.4, -0.2) is 75.7 Å². The quantitative estimate of drug-likeness (QED) is 0.788. The monoisotopic (exact) mass is 406 g/mol. The van der Waals surface area contributed by atoms with Crippen molar-refractivity contribution in [3.8, 4) is 0 Å². The van der Waals surface area contributed by atoms with E-state index in [1.54, 1.807) is 43.4 Å². The van der Waals surface area contributed by atoms with Crippen molar-refractivity contribution in [3.05, 3.63) is 36.5 Å². The number of pyridine rings is 1. The van der Waals surface area contributed by atoms with E-state index in [-0.39, 0.29) is 23.5 Å². The number of nitrogens with zero attached hydrogens (tertiary/aromatic N) is 3. The van der Waals surface area contributed by atoms with Crippen molar-refractivity contribution in [2.45, 2.75) is 23.8 Å². The van der Waals surface area contributed by atoms with E-state index in [4.69, 9.17) is 4.74 Å². The maximum Gasteiger partial charge on any atom is 0.319 e. The van der Waals surface area contributed by atoms with E-state index < -0.39 is 10.0 Å². The number of hydrogen-bond donors (Lipinski definition) is 1. The van der Waals surface area contributed by atoms with Gasteiger partial charge in [0.25, 0.3) is 0 Å². The molecule has 9 heteroatoms. The lowest BCUT2D eigenvalue weighted by Crippen LogP contribution is -2.50. The van der Waals surface area contributed by atoms with Crippen LogP contribution in [0.1, 0.15) is 12.8 Å². The van der Waals surface area contributed by atoms with Gasteiger partial charge in [-0.05, 0) is 25.0 Å². The summed E-state index contributed by atoms with van der Waals surface area (Å²) in [4.78, 5) is 20.2. The Morgan fingerprint density at radius 3 is 2.64 bits per heavy atom. The molecule has 0 aliphatic carbocycles. The molecule has 1 aromatic carbocycles. The summed E-state index contributed by atoms with van der Waals surface area (Å²) >= 11 is 0. The Bertz CT molecular complexity index is 921. The number of urea groups is 1. The number of nitrogens with one attached hydrogen (secondary N) is 1. The van der Waals surface area contributed by atoms with Gasteiger partial charge in [0, 0.05) is 58.0 Å². The number of benzene rings is 1. The van der Waals surface area contributed by atoms with Gasteiger partial charge < -0.3 is 14.5 Å². The first-order valence-electron chi connectivity index (χ1n) is 9.29. The van der Waals surface area contributed by atoms with Gasteiger partial charge >= 0.3 is 6.03 Å². The van der Waals surface area contributed by atoms with Crippen LogP contribution in [0.25, 0.3) is 10.9 Å². The van der Waals surface area contributed by atoms with Crippen molar-refractivity contribution in [2.24, 2.45) is 0 Å². The molecule has 0 unspecified atom stereocenters. The predicted octanol–water partition coefficient (Wildman–Crippen LogP) is 1.68. The summed E-state index contributed by atoms with van der Waals surface area (Å²) in [6.45, 7) is 1.63. The summed E-state index contributed by atoms with van der Waals surface area (Å²) in [5, 5.41) is 0.761. The number of fused-ring (bicyclic) bond motifs is 1. The molecule has 0 radical (unpaired) electrons. The number of para-hydroxylation sites is 1. The number of hydrogen-bond acceptors (Lipinski definition) is 5. The zero-order valence-electron chi connectivity index (χ0n) is 16.2. The summed E-state index contributed by atoms with van der Waals surface area (Å²) in [6.07, 6.45) is 3.07. The number of sulfonamides is 1. The topological polar surface area (TPSA) is 91.8 Å². The standard InChI is InChI=1S/C19H26N4O4S/c1-22(2)19(24)23(16-8-13-27-14-9-16)12-11-21-28(25,26)17-7-3-5-15-6-4-10-20-18(15)17/h3-7,10,16,21H,8-9,11-14H2,1-2H3. The lowest BCUT2D eigenvalue weighted by Gasteiger charge is -2.36. The van der Waals surface area contributed by atoms with Gasteiger partial charge in [0.1, 0.15) is 4.90 Å². The number of ether oxygens (including phenoxy) is 1. The molecule has 0 saturated carbocycles. The molecule has 1 aromatic heterocycles. The smallest absolute Gasteiger partial charge is 0.319 e. The maximum atomic E-state index is 12.8. The largest absolute Gasteiger partial charge is 0.381 e. The molecule has 0 spiro atoms. The van der Waals surface area contributed by atoms with Crippen LogP contribution in [0.4, 0.5) is 4.79 Å². The third kappa shape index (κ3) is 4.60. The Balaban J connectivity index is 1.72. The molecule has 152 valence electrons. The van der Waals surface area contributed by atoms with E-state index in [2.05, 4.69) is 9.71 Å². The third-order valence-electron chi connectivity index (χ3n) is 4.79. The highest BCUT2D eigenvalue weighted by atomic mass is 32.2. The zero-order chi connectivity index (χ0) is 20.1. The van der Waals surface area contributed by atoms with Crippen LogP contribution >= 0.6 is 0 Å². The van der Waals surface area contributed by atoms with Gasteiger partial charge in [0.05, 0.1) is 5.52 Å². The molecule has 1 aliphatic heterocycles. The second-order valence-corrected chi connectivity index (χ2v) is 8.68. The molecule has 1 saturated heterocycles. The molecule has 1 N–H and O–H groups in total. The molecule has 8 nitrogen and oxygen atoms in total. The van der Waals surface area contributed by atoms with Gasteiger partial charge in [-0.3, -0.25) is 4.98 Å². The van der Waals surface area contributed by atoms with Gasteiger partial charge in [0.2, 0.25) is 10.0 Å². The van der Waals surface area contributed by atoms with E-state index in [0.717, 1.165) is 18.2 Å². The highest BCUT2D eigenvalue weighted by Gasteiger charge is 2.27. The predicted molar refractivity (Wildman–Crippen MR) is 107 cm³/mol. The number of carbonyl (C=O) groups is 1. The molecule has 2 amide bonds. The Morgan fingerprint density at radius 2 is 1.93 bits per heavy atom. The molecule has 1 aliphatic rings. The SMILES string of the molecule is CN(C)C(=O)N(CCNS(=O)(=O)c1cccc2cccnc12)C1CCOCC1. The Labute approximate surface area is 165 Å². The molecular formula is C19H26N4O4S. The summed E-state index contributed by atoms with van der Waals surface area (Å²) in [6, 6.07) is 8.57. The fourth-order valence-corrected chi connectivity index (χ4v) is 4.56. The van der Waals surface area contributed by atoms with Crippen molar-refractivity contribution in [3.63, 3.8) is 0 Å². The van der Waals surface area contributed by atoms with E-state index in [9.17, 15) is 13.2 Å². The van der Waals surface area contributed by atoms with Crippen molar-refractivity contribution in [2.75, 3.05) is 40.4 Å². The first-order chi connectivity index (χ1) is 13.4. The highest BCUT2D eigenvalue weighted by molar-refractivity contribution is 7.89. The van der Waals surface area contributed by atoms with Crippen LogP contribution < -0.4 is 4.72 Å². The molecule has 2 heterocycles. The van der Waals surface area contributed by atoms with Crippen LogP contribution in [0.2, 0.25) is 0 Å². The fraction of sp³-hybridized carbons (Fsp3) is 0.474. The number of aromatic nitrogens is 1. The first-order valence-corrected chi connectivity index (χ1v) is 10.8. The maximum absolute atomic E-state index is 12.8. The third-order valence-corrected chi connectivity index (χ3v) is 6.28. The second-order valence-electron chi connectivity index (χ2n) is 6.94. The van der Waals surface area contributed by atoms with Crippen molar-refractivity contribution in [1.29, 1.82) is 0 Å². The Kier molecular flexibility index (Phi) is 6.48.